The average molecular weight is 913 g/mol. The predicted molar refractivity (Wildman–Crippen MR) is 229 cm³/mol. The van der Waals surface area contributed by atoms with Gasteiger partial charge >= 0.3 is 0 Å². The first-order valence-electron chi connectivity index (χ1n) is 24.3. The second kappa shape index (κ2) is 17.8. The monoisotopic (exact) mass is 913 g/mol. The lowest BCUT2D eigenvalue weighted by atomic mass is 9.41. The van der Waals surface area contributed by atoms with Gasteiger partial charge in [0, 0.05) is 0 Å². The van der Waals surface area contributed by atoms with Crippen molar-refractivity contribution in [2.75, 3.05) is 13.2 Å². The molecule has 25 atom stereocenters. The Morgan fingerprint density at radius 2 is 1.25 bits per heavy atom. The zero-order chi connectivity index (χ0) is 46.6. The molecule has 0 radical (unpaired) electrons. The van der Waals surface area contributed by atoms with E-state index in [-0.39, 0.29) is 45.7 Å². The molecular formula is C48H80O16. The predicted octanol–water partition coefficient (Wildman–Crippen LogP) is 1.64. The molecule has 10 N–H and O–H groups in total. The Morgan fingerprint density at radius 3 is 1.92 bits per heavy atom. The van der Waals surface area contributed by atoms with E-state index in [1.807, 2.05) is 13.0 Å². The Hall–Kier alpha value is -0.900. The van der Waals surface area contributed by atoms with Crippen molar-refractivity contribution >= 4 is 0 Å². The summed E-state index contributed by atoms with van der Waals surface area (Å²) >= 11 is 0. The quantitative estimate of drug-likeness (QED) is 0.0987. The molecule has 0 amide bonds. The first kappa shape index (κ1) is 49.5. The fourth-order valence-electron chi connectivity index (χ4n) is 15.5. The van der Waals surface area contributed by atoms with Crippen LogP contribution in [0.25, 0.3) is 0 Å². The number of fused-ring (bicyclic) bond motifs is 2. The zero-order valence-corrected chi connectivity index (χ0v) is 39.1. The molecule has 2 spiro atoms. The number of hydrogen-bond donors (Lipinski definition) is 10. The highest BCUT2D eigenvalue weighted by Crippen LogP contribution is 2.89. The fraction of sp³-hybridized carbons (Fsp3) is 0.958. The van der Waals surface area contributed by atoms with E-state index >= 15 is 0 Å². The molecule has 0 bridgehead atoms. The van der Waals surface area contributed by atoms with Crippen LogP contribution in [0.4, 0.5) is 0 Å². The molecule has 8 rings (SSSR count). The van der Waals surface area contributed by atoms with Crippen molar-refractivity contribution in [2.45, 2.75) is 224 Å². The summed E-state index contributed by atoms with van der Waals surface area (Å²) in [6, 6.07) is 0. The summed E-state index contributed by atoms with van der Waals surface area (Å²) in [6.07, 6.45) is -10.0. The van der Waals surface area contributed by atoms with Crippen molar-refractivity contribution in [1.29, 1.82) is 0 Å². The van der Waals surface area contributed by atoms with Gasteiger partial charge in [0.1, 0.15) is 61.0 Å². The van der Waals surface area contributed by atoms with Crippen molar-refractivity contribution in [2.24, 2.45) is 50.7 Å². The van der Waals surface area contributed by atoms with Crippen LogP contribution in [0.5, 0.6) is 0 Å². The lowest BCUT2D eigenvalue weighted by Gasteiger charge is -2.63. The minimum absolute atomic E-state index is 0.00753. The molecule has 16 nitrogen and oxygen atoms in total. The van der Waals surface area contributed by atoms with Gasteiger partial charge in [-0.15, -0.1) is 0 Å². The highest BCUT2D eigenvalue weighted by molar-refractivity contribution is 5.31. The Labute approximate surface area is 378 Å². The Kier molecular flexibility index (Phi) is 13.8. The molecular weight excluding hydrogens is 833 g/mol. The van der Waals surface area contributed by atoms with E-state index in [2.05, 4.69) is 34.6 Å². The summed E-state index contributed by atoms with van der Waals surface area (Å²) in [5.74, 6) is 1.51. The van der Waals surface area contributed by atoms with Crippen LogP contribution in [0, 0.1) is 50.7 Å². The van der Waals surface area contributed by atoms with E-state index in [0.717, 1.165) is 50.5 Å². The standard InChI is InChI=1S/C48H80O16/c1-22(19-49)9-10-27(51)23(2)26-13-15-46(8)30-12-11-29-44(5,6)31(14-16-47(29)21-48(30,47)18-17-45(26,46)7)62-43-40(64-41-36(56)34(54)32(52)24(3)59-41)38(58)39(25(4)60-43)63-42-37(57)35(55)33(53)28(20-50)61-42/h9,23-43,49-58H,10-21H2,1-8H3. The maximum Gasteiger partial charge on any atom is 0.187 e. The van der Waals surface area contributed by atoms with Crippen LogP contribution in [-0.4, -0.2) is 169 Å². The zero-order valence-electron chi connectivity index (χ0n) is 39.1. The first-order valence-corrected chi connectivity index (χ1v) is 24.3. The topological polar surface area (TPSA) is 258 Å². The molecule has 5 saturated carbocycles. The highest BCUT2D eigenvalue weighted by Gasteiger charge is 2.82. The van der Waals surface area contributed by atoms with Gasteiger partial charge in [0.25, 0.3) is 0 Å². The summed E-state index contributed by atoms with van der Waals surface area (Å²) in [6.45, 7) is 16.3. The summed E-state index contributed by atoms with van der Waals surface area (Å²) in [5, 5.41) is 107. The number of rotatable bonds is 12. The van der Waals surface area contributed by atoms with Gasteiger partial charge in [-0.2, -0.15) is 0 Å². The summed E-state index contributed by atoms with van der Waals surface area (Å²) in [5.41, 5.74) is 1.24. The maximum absolute atomic E-state index is 12.1. The lowest BCUT2D eigenvalue weighted by molar-refractivity contribution is -0.390. The van der Waals surface area contributed by atoms with E-state index in [0.29, 0.717) is 24.2 Å². The molecule has 3 heterocycles. The Balaban J connectivity index is 1.00. The van der Waals surface area contributed by atoms with Crippen LogP contribution < -0.4 is 0 Å². The minimum Gasteiger partial charge on any atom is -0.394 e. The normalized spacial score (nSPS) is 54.5. The second-order valence-corrected chi connectivity index (χ2v) is 22.8. The first-order chi connectivity index (χ1) is 30.0. The number of aliphatic hydroxyl groups excluding tert-OH is 10. The van der Waals surface area contributed by atoms with Gasteiger partial charge in [0.15, 0.2) is 18.9 Å². The van der Waals surface area contributed by atoms with E-state index in [1.165, 1.54) is 19.8 Å². The average Bonchev–Trinajstić information content (AvgIpc) is 3.85. The van der Waals surface area contributed by atoms with E-state index < -0.39 is 105 Å². The van der Waals surface area contributed by atoms with Crippen LogP contribution in [0.3, 0.4) is 0 Å². The summed E-state index contributed by atoms with van der Waals surface area (Å²) in [7, 11) is 0. The molecule has 0 aromatic heterocycles. The fourth-order valence-corrected chi connectivity index (χ4v) is 15.5. The molecule has 8 aliphatic rings. The maximum atomic E-state index is 12.1. The van der Waals surface area contributed by atoms with Gasteiger partial charge in [-0.3, -0.25) is 0 Å². The van der Waals surface area contributed by atoms with Gasteiger partial charge in [-0.05, 0) is 136 Å². The Morgan fingerprint density at radius 1 is 0.641 bits per heavy atom. The molecule has 8 fully saturated rings. The van der Waals surface area contributed by atoms with Gasteiger partial charge in [-0.1, -0.05) is 46.3 Å². The molecule has 0 aromatic rings. The smallest absolute Gasteiger partial charge is 0.187 e. The summed E-state index contributed by atoms with van der Waals surface area (Å²) in [4.78, 5) is 0. The second-order valence-electron chi connectivity index (χ2n) is 22.8. The molecule has 3 saturated heterocycles. The largest absolute Gasteiger partial charge is 0.394 e. The molecule has 0 aromatic carbocycles. The third kappa shape index (κ3) is 7.63. The molecule has 5 aliphatic carbocycles. The van der Waals surface area contributed by atoms with E-state index in [4.69, 9.17) is 28.4 Å². The Bertz CT molecular complexity index is 1680. The van der Waals surface area contributed by atoms with Crippen molar-refractivity contribution in [1.82, 2.24) is 0 Å². The number of hydrogen-bond acceptors (Lipinski definition) is 16. The SMILES string of the molecule is CC(=CCC(O)C(C)C1CCC2(C)C3CCC4C(C)(C)C(OC5OC(C)C(OC6OC(CO)C(O)C(O)C6O)C(O)C5OC5OC(C)C(O)C(O)C5O)CCC45CC35CCC12C)CO. The van der Waals surface area contributed by atoms with Crippen LogP contribution in [0.2, 0.25) is 0 Å². The van der Waals surface area contributed by atoms with Crippen LogP contribution in [-0.2, 0) is 28.4 Å². The van der Waals surface area contributed by atoms with Crippen LogP contribution in [0.1, 0.15) is 120 Å². The van der Waals surface area contributed by atoms with Gasteiger partial charge in [-0.25, -0.2) is 0 Å². The van der Waals surface area contributed by atoms with Crippen molar-refractivity contribution < 1.29 is 79.5 Å². The molecule has 25 unspecified atom stereocenters. The van der Waals surface area contributed by atoms with Crippen LogP contribution >= 0.6 is 0 Å². The minimum atomic E-state index is -1.75. The molecule has 16 heteroatoms. The van der Waals surface area contributed by atoms with E-state index in [9.17, 15) is 51.1 Å². The lowest BCUT2D eigenvalue weighted by Crippen LogP contribution is -2.66. The molecule has 3 aliphatic heterocycles. The van der Waals surface area contributed by atoms with Gasteiger partial charge in [0.2, 0.25) is 0 Å². The molecule has 64 heavy (non-hydrogen) atoms. The van der Waals surface area contributed by atoms with Gasteiger partial charge in [0.05, 0.1) is 37.6 Å². The third-order valence-electron chi connectivity index (χ3n) is 19.6. The number of aliphatic hydroxyl groups is 10. The molecule has 368 valence electrons. The van der Waals surface area contributed by atoms with Gasteiger partial charge < -0.3 is 79.5 Å². The highest BCUT2D eigenvalue weighted by atomic mass is 16.8. The van der Waals surface area contributed by atoms with E-state index in [1.54, 1.807) is 6.92 Å². The van der Waals surface area contributed by atoms with Crippen molar-refractivity contribution in [3.05, 3.63) is 11.6 Å². The van der Waals surface area contributed by atoms with Crippen molar-refractivity contribution in [3.8, 4) is 0 Å². The van der Waals surface area contributed by atoms with Crippen molar-refractivity contribution in [3.63, 3.8) is 0 Å². The summed E-state index contributed by atoms with van der Waals surface area (Å²) < 4.78 is 37.3. The number of ether oxygens (including phenoxy) is 6. The third-order valence-corrected chi connectivity index (χ3v) is 19.6. The van der Waals surface area contributed by atoms with Crippen LogP contribution in [0.15, 0.2) is 11.6 Å².